The Balaban J connectivity index is 1.57. The third kappa shape index (κ3) is 3.46. The van der Waals surface area contributed by atoms with Crippen molar-refractivity contribution < 1.29 is 4.74 Å². The van der Waals surface area contributed by atoms with Crippen LogP contribution in [0.2, 0.25) is 5.02 Å². The summed E-state index contributed by atoms with van der Waals surface area (Å²) in [6.45, 7) is 0. The number of rotatable bonds is 3. The second-order valence-electron chi connectivity index (χ2n) is 7.79. The zero-order chi connectivity index (χ0) is 20.8. The summed E-state index contributed by atoms with van der Waals surface area (Å²) in [5, 5.41) is 7.84. The van der Waals surface area contributed by atoms with Crippen molar-refractivity contribution in [2.24, 2.45) is 5.10 Å². The molecule has 0 saturated carbocycles. The second kappa shape index (κ2) is 7.64. The Morgan fingerprint density at radius 1 is 1.03 bits per heavy atom. The Bertz CT molecular complexity index is 1110. The first-order valence-corrected chi connectivity index (χ1v) is 11.0. The van der Waals surface area contributed by atoms with Gasteiger partial charge in [0.2, 0.25) is 6.23 Å². The van der Waals surface area contributed by atoms with Gasteiger partial charge in [-0.25, -0.2) is 5.01 Å². The van der Waals surface area contributed by atoms with E-state index in [1.165, 1.54) is 0 Å². The first-order valence-electron chi connectivity index (χ1n) is 9.85. The Morgan fingerprint density at radius 2 is 1.77 bits per heavy atom. The molecule has 3 aromatic carbocycles. The van der Waals surface area contributed by atoms with Crippen LogP contribution in [0.3, 0.4) is 0 Å². The molecule has 3 aromatic rings. The maximum atomic E-state index is 6.45. The van der Waals surface area contributed by atoms with Crippen molar-refractivity contribution in [1.29, 1.82) is 0 Å². The Labute approximate surface area is 189 Å². The fraction of sp³-hybridized carbons (Fsp3) is 0.208. The van der Waals surface area contributed by atoms with E-state index in [1.54, 1.807) is 0 Å². The van der Waals surface area contributed by atoms with Gasteiger partial charge >= 0.3 is 0 Å². The smallest absolute Gasteiger partial charge is 0.213 e. The molecule has 0 N–H and O–H groups in total. The quantitative estimate of drug-likeness (QED) is 0.432. The summed E-state index contributed by atoms with van der Waals surface area (Å²) in [5.41, 5.74) is 5.52. The van der Waals surface area contributed by atoms with Crippen molar-refractivity contribution in [3.63, 3.8) is 0 Å². The highest BCUT2D eigenvalue weighted by atomic mass is 79.9. The molecule has 0 spiro atoms. The van der Waals surface area contributed by atoms with Gasteiger partial charge in [0.15, 0.2) is 0 Å². The summed E-state index contributed by atoms with van der Waals surface area (Å²) >= 11 is 9.69. The average molecular weight is 483 g/mol. The van der Waals surface area contributed by atoms with Gasteiger partial charge in [0, 0.05) is 46.8 Å². The standard InChI is InChI=1S/C24H21BrClN3O/c1-28(2)19-10-5-16(6-11-19)24-29-22(20-13-17(25)7-12-23(20)30-24)14-21(27-29)15-3-8-18(26)9-4-15/h3-13,22,24H,14H2,1-2H3/t22-,24+/m0/s1. The largest absolute Gasteiger partial charge is 0.464 e. The van der Waals surface area contributed by atoms with Crippen LogP contribution in [-0.4, -0.2) is 24.8 Å². The van der Waals surface area contributed by atoms with Gasteiger partial charge in [-0.05, 0) is 48.0 Å². The van der Waals surface area contributed by atoms with Crippen LogP contribution in [0, 0.1) is 0 Å². The molecule has 2 aliphatic heterocycles. The van der Waals surface area contributed by atoms with Crippen LogP contribution < -0.4 is 9.64 Å². The number of nitrogens with zero attached hydrogens (tertiary/aromatic N) is 3. The van der Waals surface area contributed by atoms with Crippen LogP contribution in [-0.2, 0) is 0 Å². The normalized spacial score (nSPS) is 19.6. The molecule has 152 valence electrons. The average Bonchev–Trinajstić information content (AvgIpc) is 3.19. The van der Waals surface area contributed by atoms with Gasteiger partial charge in [0.1, 0.15) is 5.75 Å². The Hall–Kier alpha value is -2.50. The third-order valence-electron chi connectivity index (χ3n) is 5.62. The van der Waals surface area contributed by atoms with Crippen molar-refractivity contribution in [3.8, 4) is 5.75 Å². The molecule has 0 fully saturated rings. The zero-order valence-corrected chi connectivity index (χ0v) is 19.1. The predicted molar refractivity (Wildman–Crippen MR) is 125 cm³/mol. The van der Waals surface area contributed by atoms with E-state index < -0.39 is 0 Å². The molecule has 30 heavy (non-hydrogen) atoms. The number of ether oxygens (including phenoxy) is 1. The summed E-state index contributed by atoms with van der Waals surface area (Å²) in [6.07, 6.45) is 0.547. The minimum absolute atomic E-state index is 0.121. The molecule has 4 nitrogen and oxygen atoms in total. The molecule has 6 heteroatoms. The summed E-state index contributed by atoms with van der Waals surface area (Å²) in [4.78, 5) is 2.09. The van der Waals surface area contributed by atoms with E-state index in [9.17, 15) is 0 Å². The zero-order valence-electron chi connectivity index (χ0n) is 16.7. The van der Waals surface area contributed by atoms with Crippen molar-refractivity contribution in [1.82, 2.24) is 5.01 Å². The Morgan fingerprint density at radius 3 is 2.47 bits per heavy atom. The summed E-state index contributed by atoms with van der Waals surface area (Å²) in [7, 11) is 4.08. The van der Waals surface area contributed by atoms with E-state index in [0.29, 0.717) is 0 Å². The van der Waals surface area contributed by atoms with E-state index in [2.05, 4.69) is 56.2 Å². The van der Waals surface area contributed by atoms with Gasteiger partial charge in [-0.3, -0.25) is 0 Å². The van der Waals surface area contributed by atoms with Gasteiger partial charge in [-0.2, -0.15) is 5.10 Å². The van der Waals surface area contributed by atoms with Gasteiger partial charge < -0.3 is 9.64 Å². The van der Waals surface area contributed by atoms with E-state index >= 15 is 0 Å². The minimum atomic E-state index is -0.273. The SMILES string of the molecule is CN(C)c1ccc([C@H]2Oc3ccc(Br)cc3[C@@H]3CC(c4ccc(Cl)cc4)=NN23)cc1. The van der Waals surface area contributed by atoms with Gasteiger partial charge in [-0.15, -0.1) is 0 Å². The molecule has 5 rings (SSSR count). The number of benzene rings is 3. The fourth-order valence-corrected chi connectivity index (χ4v) is 4.54. The van der Waals surface area contributed by atoms with Gasteiger partial charge in [0.25, 0.3) is 0 Å². The summed E-state index contributed by atoms with van der Waals surface area (Å²) in [5.74, 6) is 0.911. The predicted octanol–water partition coefficient (Wildman–Crippen LogP) is 6.41. The first-order chi connectivity index (χ1) is 14.5. The van der Waals surface area contributed by atoms with Crippen molar-refractivity contribution in [2.75, 3.05) is 19.0 Å². The number of anilines is 1. The monoisotopic (exact) mass is 481 g/mol. The van der Waals surface area contributed by atoms with Crippen LogP contribution in [0.5, 0.6) is 5.75 Å². The molecule has 0 bridgehead atoms. The molecule has 2 heterocycles. The first kappa shape index (κ1) is 19.5. The minimum Gasteiger partial charge on any atom is -0.464 e. The summed E-state index contributed by atoms with van der Waals surface area (Å²) in [6, 6.07) is 22.7. The lowest BCUT2D eigenvalue weighted by Gasteiger charge is -2.38. The maximum absolute atomic E-state index is 6.45. The molecule has 0 aliphatic carbocycles. The van der Waals surface area contributed by atoms with Crippen molar-refractivity contribution >= 4 is 38.9 Å². The second-order valence-corrected chi connectivity index (χ2v) is 9.14. The summed E-state index contributed by atoms with van der Waals surface area (Å²) < 4.78 is 7.49. The number of halogens is 2. The van der Waals surface area contributed by atoms with Crippen LogP contribution in [0.4, 0.5) is 5.69 Å². The van der Waals surface area contributed by atoms with Crippen molar-refractivity contribution in [2.45, 2.75) is 18.7 Å². The lowest BCUT2D eigenvalue weighted by Crippen LogP contribution is -2.33. The van der Waals surface area contributed by atoms with Crippen LogP contribution >= 0.6 is 27.5 Å². The molecule has 0 radical (unpaired) electrons. The molecule has 0 saturated heterocycles. The topological polar surface area (TPSA) is 28.1 Å². The maximum Gasteiger partial charge on any atom is 0.213 e. The van der Waals surface area contributed by atoms with Gasteiger partial charge in [-0.1, -0.05) is 51.8 Å². The molecular weight excluding hydrogens is 462 g/mol. The fourth-order valence-electron chi connectivity index (χ4n) is 4.03. The molecule has 0 amide bonds. The van der Waals surface area contributed by atoms with E-state index in [1.807, 2.05) is 50.5 Å². The molecular formula is C24H21BrClN3O. The lowest BCUT2D eigenvalue weighted by atomic mass is 9.96. The van der Waals surface area contributed by atoms with Crippen LogP contribution in [0.1, 0.15) is 35.4 Å². The number of hydrogen-bond donors (Lipinski definition) is 0. The van der Waals surface area contributed by atoms with E-state index in [4.69, 9.17) is 21.4 Å². The molecule has 0 aromatic heterocycles. The van der Waals surface area contributed by atoms with Gasteiger partial charge in [0.05, 0.1) is 11.8 Å². The highest BCUT2D eigenvalue weighted by Crippen LogP contribution is 2.48. The van der Waals surface area contributed by atoms with E-state index in [-0.39, 0.29) is 12.3 Å². The number of fused-ring (bicyclic) bond motifs is 3. The van der Waals surface area contributed by atoms with Crippen LogP contribution in [0.15, 0.2) is 76.3 Å². The molecule has 2 atom stereocenters. The Kier molecular flexibility index (Phi) is 4.95. The number of hydrazone groups is 1. The highest BCUT2D eigenvalue weighted by molar-refractivity contribution is 9.10. The third-order valence-corrected chi connectivity index (χ3v) is 6.37. The van der Waals surface area contributed by atoms with Crippen LogP contribution in [0.25, 0.3) is 0 Å². The molecule has 2 aliphatic rings. The molecule has 0 unspecified atom stereocenters. The van der Waals surface area contributed by atoms with Crippen molar-refractivity contribution in [3.05, 3.63) is 92.9 Å². The lowest BCUT2D eigenvalue weighted by molar-refractivity contribution is -0.0190. The highest BCUT2D eigenvalue weighted by Gasteiger charge is 2.41. The van der Waals surface area contributed by atoms with E-state index in [0.717, 1.165) is 49.8 Å². The number of hydrogen-bond acceptors (Lipinski definition) is 4.